The lowest BCUT2D eigenvalue weighted by molar-refractivity contribution is -0.0507. The summed E-state index contributed by atoms with van der Waals surface area (Å²) in [6.45, 7) is -2.92. The zero-order valence-corrected chi connectivity index (χ0v) is 16.8. The van der Waals surface area contributed by atoms with Crippen molar-refractivity contribution in [2.24, 2.45) is 0 Å². The van der Waals surface area contributed by atoms with Crippen molar-refractivity contribution >= 4 is 38.6 Å². The fourth-order valence-electron chi connectivity index (χ4n) is 3.64. The number of halogens is 4. The predicted molar refractivity (Wildman–Crippen MR) is 104 cm³/mol. The number of nitrogens with zero attached hydrogens (tertiary/aromatic N) is 2. The zero-order chi connectivity index (χ0) is 19.8. The Morgan fingerprint density at radius 1 is 1.29 bits per heavy atom. The van der Waals surface area contributed by atoms with E-state index in [4.69, 9.17) is 26.2 Å². The highest BCUT2D eigenvalue weighted by molar-refractivity contribution is 9.10. The molecule has 9 heteroatoms. The van der Waals surface area contributed by atoms with Gasteiger partial charge in [0.15, 0.2) is 0 Å². The molecule has 0 bridgehead atoms. The number of fused-ring (bicyclic) bond motifs is 3. The number of ether oxygens (including phenoxy) is 2. The SMILES string of the molecule is OCCOC1CC(c2cc(Cl)ccc2OC(F)F)n2c1nc1ccc(Br)cc12. The van der Waals surface area contributed by atoms with E-state index < -0.39 is 6.61 Å². The second-order valence-electron chi connectivity index (χ2n) is 6.37. The van der Waals surface area contributed by atoms with Crippen LogP contribution >= 0.6 is 27.5 Å². The molecule has 28 heavy (non-hydrogen) atoms. The van der Waals surface area contributed by atoms with Gasteiger partial charge in [0.1, 0.15) is 17.7 Å². The molecule has 0 radical (unpaired) electrons. The molecule has 2 unspecified atom stereocenters. The molecule has 2 heterocycles. The molecule has 0 fully saturated rings. The Kier molecular flexibility index (Phi) is 5.55. The van der Waals surface area contributed by atoms with Crippen LogP contribution in [-0.4, -0.2) is 34.5 Å². The summed E-state index contributed by atoms with van der Waals surface area (Å²) in [6.07, 6.45) is 0.0757. The number of hydrogen-bond donors (Lipinski definition) is 1. The third-order valence-corrected chi connectivity index (χ3v) is 5.40. The quantitative estimate of drug-likeness (QED) is 0.541. The number of benzene rings is 2. The van der Waals surface area contributed by atoms with Gasteiger partial charge < -0.3 is 19.1 Å². The van der Waals surface area contributed by atoms with Gasteiger partial charge in [-0.15, -0.1) is 0 Å². The Morgan fingerprint density at radius 2 is 2.11 bits per heavy atom. The number of rotatable bonds is 6. The van der Waals surface area contributed by atoms with Gasteiger partial charge in [0, 0.05) is 21.5 Å². The van der Waals surface area contributed by atoms with E-state index in [1.54, 1.807) is 6.07 Å². The fraction of sp³-hybridized carbons (Fsp3) is 0.316. The molecular formula is C19H16BrClF2N2O3. The molecule has 0 spiro atoms. The first-order chi connectivity index (χ1) is 13.5. The standard InChI is InChI=1S/C19H16BrClF2N2O3/c20-10-1-3-13-15(7-10)25-14(9-17(18(25)24-13)27-6-5-26)12-8-11(21)2-4-16(12)28-19(22)23/h1-4,7-8,14,17,19,26H,5-6,9H2. The van der Waals surface area contributed by atoms with Gasteiger partial charge in [-0.25, -0.2) is 4.98 Å². The van der Waals surface area contributed by atoms with Gasteiger partial charge in [0.05, 0.1) is 30.3 Å². The molecule has 1 N–H and O–H groups in total. The van der Waals surface area contributed by atoms with E-state index >= 15 is 0 Å². The number of imidazole rings is 1. The maximum absolute atomic E-state index is 12.9. The Bertz CT molecular complexity index is 1010. The molecule has 1 aliphatic heterocycles. The largest absolute Gasteiger partial charge is 0.434 e. The van der Waals surface area contributed by atoms with Gasteiger partial charge in [-0.3, -0.25) is 0 Å². The van der Waals surface area contributed by atoms with E-state index in [1.165, 1.54) is 12.1 Å². The van der Waals surface area contributed by atoms with Gasteiger partial charge >= 0.3 is 6.61 Å². The summed E-state index contributed by atoms with van der Waals surface area (Å²) < 4.78 is 39.2. The van der Waals surface area contributed by atoms with Gasteiger partial charge in [0.2, 0.25) is 0 Å². The second-order valence-corrected chi connectivity index (χ2v) is 7.72. The molecular weight excluding hydrogens is 458 g/mol. The van der Waals surface area contributed by atoms with Crippen molar-refractivity contribution in [2.75, 3.05) is 13.2 Å². The Morgan fingerprint density at radius 3 is 2.86 bits per heavy atom. The van der Waals surface area contributed by atoms with Crippen molar-refractivity contribution in [2.45, 2.75) is 25.2 Å². The van der Waals surface area contributed by atoms with Crippen molar-refractivity contribution in [3.63, 3.8) is 0 Å². The number of hydrogen-bond acceptors (Lipinski definition) is 4. The van der Waals surface area contributed by atoms with Crippen molar-refractivity contribution in [3.8, 4) is 5.75 Å². The molecule has 0 amide bonds. The Balaban J connectivity index is 1.87. The summed E-state index contributed by atoms with van der Waals surface area (Å²) in [6, 6.07) is 9.91. The maximum atomic E-state index is 12.9. The number of aromatic nitrogens is 2. The van der Waals surface area contributed by atoms with Crippen LogP contribution in [0.3, 0.4) is 0 Å². The molecule has 1 aromatic heterocycles. The van der Waals surface area contributed by atoms with Gasteiger partial charge in [0.25, 0.3) is 0 Å². The third-order valence-electron chi connectivity index (χ3n) is 4.67. The van der Waals surface area contributed by atoms with E-state index in [2.05, 4.69) is 20.9 Å². The molecule has 0 saturated carbocycles. The van der Waals surface area contributed by atoms with Crippen LogP contribution < -0.4 is 4.74 Å². The molecule has 2 aromatic carbocycles. The lowest BCUT2D eigenvalue weighted by atomic mass is 10.0. The van der Waals surface area contributed by atoms with Crippen LogP contribution in [0.1, 0.15) is 30.0 Å². The Labute approximate surface area is 173 Å². The molecule has 0 aliphatic carbocycles. The topological polar surface area (TPSA) is 56.5 Å². The van der Waals surface area contributed by atoms with Crippen molar-refractivity contribution in [1.82, 2.24) is 9.55 Å². The number of aliphatic hydroxyl groups excluding tert-OH is 1. The molecule has 1 aliphatic rings. The fourth-order valence-corrected chi connectivity index (χ4v) is 4.17. The first kappa shape index (κ1) is 19.6. The molecule has 2 atom stereocenters. The highest BCUT2D eigenvalue weighted by Gasteiger charge is 2.37. The van der Waals surface area contributed by atoms with Crippen molar-refractivity contribution in [3.05, 3.63) is 57.3 Å². The second kappa shape index (κ2) is 7.94. The smallest absolute Gasteiger partial charge is 0.387 e. The summed E-state index contributed by atoms with van der Waals surface area (Å²) in [5, 5.41) is 9.55. The van der Waals surface area contributed by atoms with Crippen LogP contribution in [-0.2, 0) is 4.74 Å². The monoisotopic (exact) mass is 472 g/mol. The van der Waals surface area contributed by atoms with E-state index in [9.17, 15) is 8.78 Å². The zero-order valence-electron chi connectivity index (χ0n) is 14.5. The molecule has 3 aromatic rings. The average molecular weight is 474 g/mol. The predicted octanol–water partition coefficient (Wildman–Crippen LogP) is 5.10. The summed E-state index contributed by atoms with van der Waals surface area (Å²) in [5.41, 5.74) is 2.13. The van der Waals surface area contributed by atoms with Crippen molar-refractivity contribution in [1.29, 1.82) is 0 Å². The highest BCUT2D eigenvalue weighted by atomic mass is 79.9. The maximum Gasteiger partial charge on any atom is 0.387 e. The lowest BCUT2D eigenvalue weighted by Gasteiger charge is -2.19. The summed E-state index contributed by atoms with van der Waals surface area (Å²) >= 11 is 9.62. The lowest BCUT2D eigenvalue weighted by Crippen LogP contribution is -2.11. The average Bonchev–Trinajstić information content (AvgIpc) is 3.18. The van der Waals surface area contributed by atoms with Crippen molar-refractivity contribution < 1.29 is 23.4 Å². The molecule has 148 valence electrons. The van der Waals surface area contributed by atoms with Crippen LogP contribution in [0.25, 0.3) is 11.0 Å². The van der Waals surface area contributed by atoms with Gasteiger partial charge in [-0.2, -0.15) is 8.78 Å². The van der Waals surface area contributed by atoms with Gasteiger partial charge in [-0.1, -0.05) is 27.5 Å². The van der Waals surface area contributed by atoms with Gasteiger partial charge in [-0.05, 0) is 36.4 Å². The highest BCUT2D eigenvalue weighted by Crippen LogP contribution is 2.46. The third kappa shape index (κ3) is 3.61. The van der Waals surface area contributed by atoms with E-state index in [0.29, 0.717) is 22.8 Å². The molecule has 5 nitrogen and oxygen atoms in total. The summed E-state index contributed by atoms with van der Waals surface area (Å²) in [7, 11) is 0. The summed E-state index contributed by atoms with van der Waals surface area (Å²) in [4.78, 5) is 4.67. The van der Waals surface area contributed by atoms with Crippen LogP contribution in [0, 0.1) is 0 Å². The first-order valence-electron chi connectivity index (χ1n) is 8.62. The van der Waals surface area contributed by atoms with E-state index in [0.717, 1.165) is 15.5 Å². The minimum Gasteiger partial charge on any atom is -0.434 e. The molecule has 4 rings (SSSR count). The number of alkyl halides is 2. The minimum atomic E-state index is -2.95. The van der Waals surface area contributed by atoms with Crippen LogP contribution in [0.2, 0.25) is 5.02 Å². The minimum absolute atomic E-state index is 0.0648. The van der Waals surface area contributed by atoms with Crippen LogP contribution in [0.15, 0.2) is 40.9 Å². The number of aliphatic hydroxyl groups is 1. The first-order valence-corrected chi connectivity index (χ1v) is 9.79. The normalized spacial score (nSPS) is 18.8. The summed E-state index contributed by atoms with van der Waals surface area (Å²) in [5.74, 6) is 0.740. The van der Waals surface area contributed by atoms with Crippen LogP contribution in [0.5, 0.6) is 5.75 Å². The molecule has 0 saturated heterocycles. The van der Waals surface area contributed by atoms with E-state index in [-0.39, 0.29) is 31.1 Å². The van der Waals surface area contributed by atoms with Crippen LogP contribution in [0.4, 0.5) is 8.78 Å². The van der Waals surface area contributed by atoms with E-state index in [1.807, 2.05) is 22.8 Å². The Hall–Kier alpha value is -1.74.